The van der Waals surface area contributed by atoms with Crippen molar-refractivity contribution in [1.82, 2.24) is 0 Å². The third kappa shape index (κ3) is 4.54. The number of furan rings is 1. The molecular formula is C50H33NOS2. The largest absolute Gasteiger partial charge is 0.456 e. The maximum Gasteiger partial charge on any atom is 0.141 e. The van der Waals surface area contributed by atoms with Gasteiger partial charge < -0.3 is 9.32 Å². The summed E-state index contributed by atoms with van der Waals surface area (Å²) in [5, 5.41) is 4.79. The van der Waals surface area contributed by atoms with Crippen LogP contribution in [0.4, 0.5) is 17.1 Å². The van der Waals surface area contributed by atoms with Crippen LogP contribution in [-0.2, 0) is 5.41 Å². The number of fused-ring (bicyclic) bond motifs is 9. The second kappa shape index (κ2) is 12.0. The van der Waals surface area contributed by atoms with Crippen LogP contribution in [0.25, 0.3) is 64.4 Å². The average molecular weight is 728 g/mol. The highest BCUT2D eigenvalue weighted by Gasteiger charge is 2.45. The zero-order valence-electron chi connectivity index (χ0n) is 29.5. The van der Waals surface area contributed by atoms with Crippen molar-refractivity contribution in [3.8, 4) is 22.3 Å². The lowest BCUT2D eigenvalue weighted by Gasteiger charge is -2.35. The van der Waals surface area contributed by atoms with E-state index in [-0.39, 0.29) is 0 Å². The van der Waals surface area contributed by atoms with E-state index in [0.29, 0.717) is 0 Å². The van der Waals surface area contributed by atoms with Crippen molar-refractivity contribution in [3.63, 3.8) is 0 Å². The molecule has 54 heavy (non-hydrogen) atoms. The number of benzene rings is 8. The monoisotopic (exact) mass is 727 g/mol. The van der Waals surface area contributed by atoms with E-state index in [1.807, 2.05) is 11.3 Å². The first-order valence-corrected chi connectivity index (χ1v) is 19.6. The van der Waals surface area contributed by atoms with Gasteiger partial charge in [0, 0.05) is 58.2 Å². The fourth-order valence-electron chi connectivity index (χ4n) is 8.97. The molecule has 2 heterocycles. The summed E-state index contributed by atoms with van der Waals surface area (Å²) in [6.45, 7) is 2.39. The number of anilines is 3. The lowest BCUT2D eigenvalue weighted by Crippen LogP contribution is -2.26. The number of rotatable bonds is 5. The molecule has 2 nitrogen and oxygen atoms in total. The minimum atomic E-state index is -0.538. The summed E-state index contributed by atoms with van der Waals surface area (Å²) in [5.41, 5.74) is 12.9. The topological polar surface area (TPSA) is 16.4 Å². The Morgan fingerprint density at radius 3 is 1.91 bits per heavy atom. The van der Waals surface area contributed by atoms with Crippen molar-refractivity contribution >= 4 is 83.1 Å². The Labute approximate surface area is 323 Å². The van der Waals surface area contributed by atoms with E-state index in [2.05, 4.69) is 188 Å². The van der Waals surface area contributed by atoms with Crippen molar-refractivity contribution in [2.45, 2.75) is 17.2 Å². The molecule has 0 bridgehead atoms. The summed E-state index contributed by atoms with van der Waals surface area (Å²) in [6, 6.07) is 63.5. The molecule has 4 heteroatoms. The van der Waals surface area contributed by atoms with Crippen LogP contribution in [0.5, 0.6) is 0 Å². The van der Waals surface area contributed by atoms with E-state index >= 15 is 0 Å². The Morgan fingerprint density at radius 2 is 1.13 bits per heavy atom. The van der Waals surface area contributed by atoms with Crippen LogP contribution in [0.15, 0.2) is 185 Å². The molecule has 1 aliphatic carbocycles. The van der Waals surface area contributed by atoms with E-state index < -0.39 is 5.41 Å². The fourth-order valence-corrected chi connectivity index (χ4v) is 10.4. The van der Waals surface area contributed by atoms with E-state index in [1.54, 1.807) is 0 Å². The lowest BCUT2D eigenvalue weighted by molar-refractivity contribution is 0.638. The normalized spacial score (nSPS) is 13.1. The van der Waals surface area contributed by atoms with Gasteiger partial charge in [-0.1, -0.05) is 127 Å². The summed E-state index contributed by atoms with van der Waals surface area (Å²) in [6.07, 6.45) is 0. The van der Waals surface area contributed by atoms with Crippen LogP contribution >= 0.6 is 24.0 Å². The van der Waals surface area contributed by atoms with E-state index in [9.17, 15) is 0 Å². The highest BCUT2D eigenvalue weighted by Crippen LogP contribution is 2.58. The Kier molecular flexibility index (Phi) is 6.97. The first-order chi connectivity index (χ1) is 26.6. The molecule has 0 fully saturated rings. The molecule has 0 unspecified atom stereocenters. The molecule has 0 saturated heterocycles. The predicted octanol–water partition coefficient (Wildman–Crippen LogP) is 14.7. The molecule has 1 aliphatic rings. The Bertz CT molecular complexity index is 3050. The maximum absolute atomic E-state index is 7.02. The first-order valence-electron chi connectivity index (χ1n) is 18.3. The van der Waals surface area contributed by atoms with Gasteiger partial charge in [0.05, 0.1) is 5.69 Å². The van der Waals surface area contributed by atoms with Crippen LogP contribution in [0.1, 0.15) is 23.6 Å². The van der Waals surface area contributed by atoms with E-state index in [4.69, 9.17) is 17.0 Å². The Morgan fingerprint density at radius 1 is 0.519 bits per heavy atom. The predicted molar refractivity (Wildman–Crippen MR) is 231 cm³/mol. The van der Waals surface area contributed by atoms with Gasteiger partial charge in [-0.2, -0.15) is 0 Å². The molecule has 11 rings (SSSR count). The molecule has 0 N–H and O–H groups in total. The number of thiophene rings is 1. The molecule has 8 aromatic carbocycles. The third-order valence-corrected chi connectivity index (χ3v) is 12.9. The molecule has 0 atom stereocenters. The zero-order valence-corrected chi connectivity index (χ0v) is 31.2. The van der Waals surface area contributed by atoms with Crippen molar-refractivity contribution in [1.29, 1.82) is 0 Å². The van der Waals surface area contributed by atoms with Gasteiger partial charge in [-0.15, -0.1) is 24.0 Å². The van der Waals surface area contributed by atoms with Crippen LogP contribution < -0.4 is 4.90 Å². The minimum absolute atomic E-state index is 0.538. The lowest BCUT2D eigenvalue weighted by atomic mass is 9.72. The molecule has 10 aromatic rings. The summed E-state index contributed by atoms with van der Waals surface area (Å²) in [7, 11) is 0. The molecule has 0 amide bonds. The zero-order chi connectivity index (χ0) is 36.0. The van der Waals surface area contributed by atoms with Gasteiger partial charge in [0.15, 0.2) is 0 Å². The molecule has 2 aromatic heterocycles. The summed E-state index contributed by atoms with van der Waals surface area (Å²) in [5.74, 6) is 0. The van der Waals surface area contributed by atoms with Crippen LogP contribution in [0.3, 0.4) is 0 Å². The number of hydrogen-bond acceptors (Lipinski definition) is 4. The molecule has 0 aliphatic heterocycles. The maximum atomic E-state index is 7.02. The number of hydrogen-bond donors (Lipinski definition) is 1. The van der Waals surface area contributed by atoms with Crippen molar-refractivity contribution in [2.24, 2.45) is 0 Å². The fraction of sp³-hybridized carbons (Fsp3) is 0.0400. The van der Waals surface area contributed by atoms with Gasteiger partial charge in [-0.25, -0.2) is 0 Å². The highest BCUT2D eigenvalue weighted by atomic mass is 32.1. The van der Waals surface area contributed by atoms with Gasteiger partial charge in [-0.3, -0.25) is 0 Å². The van der Waals surface area contributed by atoms with Gasteiger partial charge in [0.1, 0.15) is 11.2 Å². The minimum Gasteiger partial charge on any atom is -0.456 e. The van der Waals surface area contributed by atoms with Crippen molar-refractivity contribution < 1.29 is 4.42 Å². The average Bonchev–Trinajstić information content (AvgIpc) is 3.86. The number of para-hydroxylation sites is 1. The Hall–Kier alpha value is -6.07. The second-order valence-electron chi connectivity index (χ2n) is 14.3. The van der Waals surface area contributed by atoms with Crippen LogP contribution in [0, 0.1) is 0 Å². The van der Waals surface area contributed by atoms with Crippen molar-refractivity contribution in [3.05, 3.63) is 193 Å². The van der Waals surface area contributed by atoms with E-state index in [1.165, 1.54) is 42.4 Å². The van der Waals surface area contributed by atoms with E-state index in [0.717, 1.165) is 60.6 Å². The summed E-state index contributed by atoms with van der Waals surface area (Å²) in [4.78, 5) is 3.34. The third-order valence-electron chi connectivity index (χ3n) is 11.4. The summed E-state index contributed by atoms with van der Waals surface area (Å²) >= 11 is 6.99. The standard InChI is InChI=1S/C50H33NOS2/c1-50(41-19-9-5-15-35(41)36-16-6-10-20-42(36)50)48-43(28-27-40-37-17-7-11-21-44(37)52-49(40)48)51(32-23-25-34(45(53)29-32)31-13-3-2-4-14-31)33-24-26-39-38-18-8-12-22-46(38)54-47(39)30-33/h2-30,53H,1H3. The quantitative estimate of drug-likeness (QED) is 0.178. The first kappa shape index (κ1) is 31.5. The van der Waals surface area contributed by atoms with Gasteiger partial charge >= 0.3 is 0 Å². The SMILES string of the molecule is CC1(c2c(N(c3ccc(-c4ccccc4)c(S)c3)c3ccc4c(c3)sc3ccccc34)ccc3c2oc2ccccc23)c2ccccc2-c2ccccc21. The smallest absolute Gasteiger partial charge is 0.141 e. The van der Waals surface area contributed by atoms with Crippen LogP contribution in [0.2, 0.25) is 0 Å². The Balaban J connectivity index is 1.25. The van der Waals surface area contributed by atoms with Gasteiger partial charge in [-0.05, 0) is 88.8 Å². The highest BCUT2D eigenvalue weighted by molar-refractivity contribution is 7.80. The second-order valence-corrected chi connectivity index (χ2v) is 15.9. The molecule has 0 saturated carbocycles. The molecule has 0 spiro atoms. The van der Waals surface area contributed by atoms with Crippen molar-refractivity contribution in [2.75, 3.05) is 4.90 Å². The molecule has 0 radical (unpaired) electrons. The number of nitrogens with zero attached hydrogens (tertiary/aromatic N) is 1. The van der Waals surface area contributed by atoms with Gasteiger partial charge in [0.2, 0.25) is 0 Å². The molecular weight excluding hydrogens is 695 g/mol. The molecule has 256 valence electrons. The van der Waals surface area contributed by atoms with Gasteiger partial charge in [0.25, 0.3) is 0 Å². The summed E-state index contributed by atoms with van der Waals surface area (Å²) < 4.78 is 9.56. The van der Waals surface area contributed by atoms with Crippen LogP contribution in [-0.4, -0.2) is 0 Å². The number of thiol groups is 1.